The Kier molecular flexibility index (Phi) is 4.33. The van der Waals surface area contributed by atoms with Crippen LogP contribution in [-0.2, 0) is 14.8 Å². The molecule has 8 heteroatoms. The first-order chi connectivity index (χ1) is 11.4. The van der Waals surface area contributed by atoms with Crippen LogP contribution in [0.15, 0.2) is 42.7 Å². The van der Waals surface area contributed by atoms with Gasteiger partial charge in [0, 0.05) is 37.3 Å². The van der Waals surface area contributed by atoms with Gasteiger partial charge in [-0.2, -0.15) is 0 Å². The van der Waals surface area contributed by atoms with Gasteiger partial charge in [0.15, 0.2) is 0 Å². The minimum absolute atomic E-state index is 0.120. The van der Waals surface area contributed by atoms with Gasteiger partial charge in [0.25, 0.3) is 0 Å². The number of nitrogens with zero attached hydrogens (tertiary/aromatic N) is 2. The van der Waals surface area contributed by atoms with Gasteiger partial charge in [-0.15, -0.1) is 0 Å². The number of nitrogens with two attached hydrogens (primary N) is 1. The van der Waals surface area contributed by atoms with Crippen LogP contribution < -0.4 is 14.8 Å². The molecule has 0 spiro atoms. The zero-order valence-electron chi connectivity index (χ0n) is 13.3. The molecule has 1 aliphatic heterocycles. The molecule has 2 aromatic rings. The van der Waals surface area contributed by atoms with Crippen LogP contribution in [0, 0.1) is 5.92 Å². The fourth-order valence-electron chi connectivity index (χ4n) is 3.01. The molecule has 0 saturated carbocycles. The summed E-state index contributed by atoms with van der Waals surface area (Å²) in [5.41, 5.74) is 1.51. The lowest BCUT2D eigenvalue weighted by molar-refractivity contribution is -0.117. The molecule has 1 amide bonds. The van der Waals surface area contributed by atoms with Crippen molar-refractivity contribution < 1.29 is 17.9 Å². The lowest BCUT2D eigenvalue weighted by atomic mass is 10.1. The second kappa shape index (κ2) is 6.29. The van der Waals surface area contributed by atoms with Crippen LogP contribution in [0.3, 0.4) is 0 Å². The molecular formula is C16H19N3O4S. The number of amides is 1. The van der Waals surface area contributed by atoms with Crippen LogP contribution in [0.25, 0.3) is 5.69 Å². The minimum atomic E-state index is -3.61. The van der Waals surface area contributed by atoms with Crippen molar-refractivity contribution in [2.24, 2.45) is 11.1 Å². The first kappa shape index (κ1) is 16.5. The van der Waals surface area contributed by atoms with Gasteiger partial charge < -0.3 is 14.2 Å². The van der Waals surface area contributed by atoms with Gasteiger partial charge in [0.05, 0.1) is 24.2 Å². The van der Waals surface area contributed by atoms with E-state index >= 15 is 0 Å². The third-order valence-corrected chi connectivity index (χ3v) is 4.97. The molecule has 2 N–H and O–H groups in total. The van der Waals surface area contributed by atoms with Crippen LogP contribution in [0.4, 0.5) is 5.69 Å². The molecule has 3 rings (SSSR count). The van der Waals surface area contributed by atoms with E-state index < -0.39 is 10.0 Å². The lowest BCUT2D eigenvalue weighted by Crippen LogP contribution is -2.28. The van der Waals surface area contributed by atoms with Crippen LogP contribution >= 0.6 is 0 Å². The summed E-state index contributed by atoms with van der Waals surface area (Å²) in [5, 5.41) is 5.12. The SMILES string of the molecule is COc1ccc(-n2cccc2)c(N2CC(CS(N)(=O)=O)CC2=O)c1. The molecule has 1 saturated heterocycles. The predicted molar refractivity (Wildman–Crippen MR) is 90.8 cm³/mol. The van der Waals surface area contributed by atoms with E-state index in [-0.39, 0.29) is 24.0 Å². The van der Waals surface area contributed by atoms with E-state index in [2.05, 4.69) is 0 Å². The molecule has 2 heterocycles. The number of ether oxygens (including phenoxy) is 1. The Morgan fingerprint density at radius 2 is 1.96 bits per heavy atom. The minimum Gasteiger partial charge on any atom is -0.497 e. The van der Waals surface area contributed by atoms with Crippen molar-refractivity contribution in [1.82, 2.24) is 4.57 Å². The molecule has 1 aromatic heterocycles. The summed E-state index contributed by atoms with van der Waals surface area (Å²) < 4.78 is 29.8. The maximum absolute atomic E-state index is 12.4. The fraction of sp³-hybridized carbons (Fsp3) is 0.312. The summed E-state index contributed by atoms with van der Waals surface area (Å²) >= 11 is 0. The Morgan fingerprint density at radius 3 is 2.58 bits per heavy atom. The van der Waals surface area contributed by atoms with E-state index in [9.17, 15) is 13.2 Å². The first-order valence-corrected chi connectivity index (χ1v) is 9.21. The summed E-state index contributed by atoms with van der Waals surface area (Å²) in [5.74, 6) is 0.00282. The van der Waals surface area contributed by atoms with E-state index in [1.54, 1.807) is 18.1 Å². The van der Waals surface area contributed by atoms with E-state index in [0.29, 0.717) is 18.0 Å². The highest BCUT2D eigenvalue weighted by Crippen LogP contribution is 2.33. The Bertz CT molecular complexity index is 846. The maximum atomic E-state index is 12.4. The Morgan fingerprint density at radius 1 is 1.25 bits per heavy atom. The van der Waals surface area contributed by atoms with Crippen LogP contribution in [0.2, 0.25) is 0 Å². The molecule has 1 unspecified atom stereocenters. The van der Waals surface area contributed by atoms with E-state index in [4.69, 9.17) is 9.88 Å². The van der Waals surface area contributed by atoms with Crippen LogP contribution in [0.1, 0.15) is 6.42 Å². The van der Waals surface area contributed by atoms with Crippen molar-refractivity contribution in [3.05, 3.63) is 42.7 Å². The number of aromatic nitrogens is 1. The number of methoxy groups -OCH3 is 1. The molecular weight excluding hydrogens is 330 g/mol. The van der Waals surface area contributed by atoms with E-state index in [0.717, 1.165) is 5.69 Å². The monoisotopic (exact) mass is 349 g/mol. The molecule has 1 atom stereocenters. The van der Waals surface area contributed by atoms with Crippen molar-refractivity contribution in [3.8, 4) is 11.4 Å². The largest absolute Gasteiger partial charge is 0.497 e. The number of carbonyl (C=O) groups excluding carboxylic acids is 1. The van der Waals surface area contributed by atoms with Crippen molar-refractivity contribution in [1.29, 1.82) is 0 Å². The number of hydrogen-bond donors (Lipinski definition) is 1. The summed E-state index contributed by atoms with van der Waals surface area (Å²) in [7, 11) is -2.05. The smallest absolute Gasteiger partial charge is 0.227 e. The normalized spacial score (nSPS) is 18.2. The number of carbonyl (C=O) groups is 1. The molecule has 1 aromatic carbocycles. The van der Waals surface area contributed by atoms with Crippen LogP contribution in [-0.4, -0.2) is 38.3 Å². The summed E-state index contributed by atoms with van der Waals surface area (Å²) in [6, 6.07) is 9.26. The zero-order valence-corrected chi connectivity index (χ0v) is 14.1. The van der Waals surface area contributed by atoms with Crippen molar-refractivity contribution in [2.45, 2.75) is 6.42 Å². The highest BCUT2D eigenvalue weighted by atomic mass is 32.2. The van der Waals surface area contributed by atoms with Gasteiger partial charge in [-0.1, -0.05) is 0 Å². The molecule has 0 bridgehead atoms. The van der Waals surface area contributed by atoms with Gasteiger partial charge >= 0.3 is 0 Å². The zero-order chi connectivity index (χ0) is 17.3. The number of rotatable bonds is 5. The highest BCUT2D eigenvalue weighted by molar-refractivity contribution is 7.89. The van der Waals surface area contributed by atoms with Gasteiger partial charge in [-0.05, 0) is 24.3 Å². The number of benzene rings is 1. The third kappa shape index (κ3) is 3.44. The molecule has 128 valence electrons. The number of primary sulfonamides is 1. The standard InChI is InChI=1S/C16H19N3O4S/c1-23-13-4-5-14(18-6-2-3-7-18)15(9-13)19-10-12(8-16(19)20)11-24(17,21)22/h2-7,9,12H,8,10-11H2,1H3,(H2,17,21,22). The quantitative estimate of drug-likeness (QED) is 0.875. The summed E-state index contributed by atoms with van der Waals surface area (Å²) in [4.78, 5) is 14.0. The molecule has 7 nitrogen and oxygen atoms in total. The molecule has 1 fully saturated rings. The Hall–Kier alpha value is -2.32. The summed E-state index contributed by atoms with van der Waals surface area (Å²) in [6.45, 7) is 0.316. The van der Waals surface area contributed by atoms with Gasteiger partial charge in [0.1, 0.15) is 5.75 Å². The van der Waals surface area contributed by atoms with E-state index in [1.807, 2.05) is 41.2 Å². The molecule has 0 radical (unpaired) electrons. The average Bonchev–Trinajstić information content (AvgIpc) is 3.15. The molecule has 24 heavy (non-hydrogen) atoms. The molecule has 1 aliphatic rings. The van der Waals surface area contributed by atoms with Crippen molar-refractivity contribution in [3.63, 3.8) is 0 Å². The Labute approximate surface area is 140 Å². The van der Waals surface area contributed by atoms with E-state index in [1.165, 1.54) is 0 Å². The lowest BCUT2D eigenvalue weighted by Gasteiger charge is -2.21. The van der Waals surface area contributed by atoms with Gasteiger partial charge in [-0.3, -0.25) is 4.79 Å². The highest BCUT2D eigenvalue weighted by Gasteiger charge is 2.34. The number of anilines is 1. The molecule has 0 aliphatic carbocycles. The Balaban J connectivity index is 1.97. The maximum Gasteiger partial charge on any atom is 0.227 e. The van der Waals surface area contributed by atoms with Crippen molar-refractivity contribution >= 4 is 21.6 Å². The average molecular weight is 349 g/mol. The van der Waals surface area contributed by atoms with Crippen molar-refractivity contribution in [2.75, 3.05) is 24.3 Å². The first-order valence-electron chi connectivity index (χ1n) is 7.49. The predicted octanol–water partition coefficient (Wildman–Crippen LogP) is 1.13. The second-order valence-corrected chi connectivity index (χ2v) is 7.51. The fourth-order valence-corrected chi connectivity index (χ4v) is 3.89. The summed E-state index contributed by atoms with van der Waals surface area (Å²) in [6.07, 6.45) is 3.93. The second-order valence-electron chi connectivity index (χ2n) is 5.85. The topological polar surface area (TPSA) is 94.6 Å². The number of sulfonamides is 1. The number of hydrogen-bond acceptors (Lipinski definition) is 4. The third-order valence-electron chi connectivity index (χ3n) is 4.03. The van der Waals surface area contributed by atoms with Gasteiger partial charge in [-0.25, -0.2) is 13.6 Å². The van der Waals surface area contributed by atoms with Crippen LogP contribution in [0.5, 0.6) is 5.75 Å². The van der Waals surface area contributed by atoms with Gasteiger partial charge in [0.2, 0.25) is 15.9 Å².